The van der Waals surface area contributed by atoms with E-state index in [-0.39, 0.29) is 23.3 Å². The summed E-state index contributed by atoms with van der Waals surface area (Å²) in [5.74, 6) is -0.614. The van der Waals surface area contributed by atoms with Gasteiger partial charge in [-0.1, -0.05) is 74.0 Å². The van der Waals surface area contributed by atoms with Gasteiger partial charge in [0.1, 0.15) is 12.6 Å². The van der Waals surface area contributed by atoms with Crippen molar-refractivity contribution in [2.75, 3.05) is 17.4 Å². The molecule has 3 aromatic carbocycles. The van der Waals surface area contributed by atoms with E-state index in [1.54, 1.807) is 68.4 Å². The Morgan fingerprint density at radius 2 is 1.50 bits per heavy atom. The maximum absolute atomic E-state index is 13.8. The number of carbonyl (C=O) groups excluding carboxylic acids is 2. The van der Waals surface area contributed by atoms with Gasteiger partial charge in [0.05, 0.1) is 10.6 Å². The lowest BCUT2D eigenvalue weighted by Gasteiger charge is -2.32. The van der Waals surface area contributed by atoms with Gasteiger partial charge < -0.3 is 10.2 Å². The number of amides is 2. The third-order valence-corrected chi connectivity index (χ3v) is 8.43. The second-order valence-electron chi connectivity index (χ2n) is 9.25. The van der Waals surface area contributed by atoms with E-state index >= 15 is 0 Å². The second kappa shape index (κ2) is 12.9. The molecule has 0 spiro atoms. The summed E-state index contributed by atoms with van der Waals surface area (Å²) in [5, 5.41) is 3.19. The standard InChI is InChI=1S/C29H34ClN3O4S/c1-5-31-29(35)22(4)32(19-24-11-9-10-14-27(24)30)28(34)20-33(25-17-15-23(16-18-25)21(2)3)38(36,37)26-12-7-6-8-13-26/h6-18,21-22H,5,19-20H2,1-4H3,(H,31,35). The van der Waals surface area contributed by atoms with Crippen molar-refractivity contribution in [3.05, 3.63) is 95.0 Å². The van der Waals surface area contributed by atoms with Gasteiger partial charge >= 0.3 is 0 Å². The Kier molecular flexibility index (Phi) is 9.94. The SMILES string of the molecule is CCNC(=O)C(C)N(Cc1ccccc1Cl)C(=O)CN(c1ccc(C(C)C)cc1)S(=O)(=O)c1ccccc1. The molecule has 9 heteroatoms. The van der Waals surface area contributed by atoms with Crippen molar-refractivity contribution in [2.45, 2.75) is 51.1 Å². The molecular formula is C29H34ClN3O4S. The maximum atomic E-state index is 13.8. The van der Waals surface area contributed by atoms with Gasteiger partial charge in [-0.25, -0.2) is 8.42 Å². The van der Waals surface area contributed by atoms with Gasteiger partial charge in [-0.05, 0) is 61.2 Å². The first-order valence-electron chi connectivity index (χ1n) is 12.5. The van der Waals surface area contributed by atoms with E-state index in [0.29, 0.717) is 22.8 Å². The molecule has 3 rings (SSSR count). The molecule has 0 aromatic heterocycles. The van der Waals surface area contributed by atoms with Crippen LogP contribution in [0.1, 0.15) is 44.7 Å². The molecule has 2 amide bonds. The van der Waals surface area contributed by atoms with Crippen molar-refractivity contribution >= 4 is 39.1 Å². The van der Waals surface area contributed by atoms with E-state index in [2.05, 4.69) is 5.32 Å². The molecule has 0 aliphatic heterocycles. The number of rotatable bonds is 11. The number of nitrogens with zero attached hydrogens (tertiary/aromatic N) is 2. The molecular weight excluding hydrogens is 522 g/mol. The Morgan fingerprint density at radius 1 is 0.895 bits per heavy atom. The minimum atomic E-state index is -4.09. The van der Waals surface area contributed by atoms with Crippen molar-refractivity contribution < 1.29 is 18.0 Å². The Hall–Kier alpha value is -3.36. The molecule has 1 unspecified atom stereocenters. The predicted octanol–water partition coefficient (Wildman–Crippen LogP) is 5.21. The smallest absolute Gasteiger partial charge is 0.264 e. The number of anilines is 1. The van der Waals surface area contributed by atoms with Crippen molar-refractivity contribution in [3.8, 4) is 0 Å². The Labute approximate surface area is 230 Å². The zero-order valence-electron chi connectivity index (χ0n) is 22.1. The number of benzene rings is 3. The van der Waals surface area contributed by atoms with Gasteiger partial charge in [-0.3, -0.25) is 13.9 Å². The maximum Gasteiger partial charge on any atom is 0.264 e. The molecule has 3 aromatic rings. The summed E-state index contributed by atoms with van der Waals surface area (Å²) in [6, 6.07) is 21.3. The first-order valence-corrected chi connectivity index (χ1v) is 14.4. The molecule has 0 fully saturated rings. The molecule has 38 heavy (non-hydrogen) atoms. The molecule has 0 aliphatic carbocycles. The Balaban J connectivity index is 2.04. The van der Waals surface area contributed by atoms with Crippen LogP contribution in [0.3, 0.4) is 0 Å². The number of likely N-dealkylation sites (N-methyl/N-ethyl adjacent to an activating group) is 1. The summed E-state index contributed by atoms with van der Waals surface area (Å²) in [6.45, 7) is 7.45. The Morgan fingerprint density at radius 3 is 2.08 bits per heavy atom. The number of carbonyl (C=O) groups is 2. The molecule has 202 valence electrons. The minimum absolute atomic E-state index is 0.0440. The van der Waals surface area contributed by atoms with Crippen LogP contribution in [0.4, 0.5) is 5.69 Å². The van der Waals surface area contributed by atoms with Crippen LogP contribution in [0.15, 0.2) is 83.8 Å². The highest BCUT2D eigenvalue weighted by Crippen LogP contribution is 2.27. The van der Waals surface area contributed by atoms with Crippen molar-refractivity contribution in [2.24, 2.45) is 0 Å². The lowest BCUT2D eigenvalue weighted by molar-refractivity contribution is -0.139. The molecule has 0 aliphatic rings. The number of sulfonamides is 1. The van der Waals surface area contributed by atoms with Crippen LogP contribution in [0.5, 0.6) is 0 Å². The van der Waals surface area contributed by atoms with Crippen LogP contribution in [-0.2, 0) is 26.2 Å². The summed E-state index contributed by atoms with van der Waals surface area (Å²) < 4.78 is 28.7. The predicted molar refractivity (Wildman–Crippen MR) is 152 cm³/mol. The zero-order valence-corrected chi connectivity index (χ0v) is 23.7. The summed E-state index contributed by atoms with van der Waals surface area (Å²) in [7, 11) is -4.09. The molecule has 1 N–H and O–H groups in total. The minimum Gasteiger partial charge on any atom is -0.355 e. The average Bonchev–Trinajstić information content (AvgIpc) is 2.91. The van der Waals surface area contributed by atoms with Crippen molar-refractivity contribution in [3.63, 3.8) is 0 Å². The molecule has 0 saturated heterocycles. The topological polar surface area (TPSA) is 86.8 Å². The van der Waals surface area contributed by atoms with E-state index in [9.17, 15) is 18.0 Å². The highest BCUT2D eigenvalue weighted by Gasteiger charge is 2.32. The van der Waals surface area contributed by atoms with E-state index in [4.69, 9.17) is 11.6 Å². The van der Waals surface area contributed by atoms with Gasteiger partial charge in [0, 0.05) is 18.1 Å². The zero-order chi connectivity index (χ0) is 27.9. The van der Waals surface area contributed by atoms with Crippen LogP contribution in [0, 0.1) is 0 Å². The van der Waals surface area contributed by atoms with Crippen LogP contribution in [0.2, 0.25) is 5.02 Å². The third-order valence-electron chi connectivity index (χ3n) is 6.27. The molecule has 0 radical (unpaired) electrons. The van der Waals surface area contributed by atoms with Crippen LogP contribution in [0.25, 0.3) is 0 Å². The molecule has 0 saturated carbocycles. The van der Waals surface area contributed by atoms with E-state index in [1.165, 1.54) is 17.0 Å². The lowest BCUT2D eigenvalue weighted by atomic mass is 10.0. The van der Waals surface area contributed by atoms with Crippen LogP contribution < -0.4 is 9.62 Å². The van der Waals surface area contributed by atoms with Gasteiger partial charge in [0.2, 0.25) is 11.8 Å². The summed E-state index contributed by atoms with van der Waals surface area (Å²) in [6.07, 6.45) is 0. The van der Waals surface area contributed by atoms with Gasteiger partial charge in [0.15, 0.2) is 0 Å². The summed E-state index contributed by atoms with van der Waals surface area (Å²) >= 11 is 6.37. The van der Waals surface area contributed by atoms with Gasteiger partial charge in [-0.15, -0.1) is 0 Å². The van der Waals surface area contributed by atoms with E-state index in [1.807, 2.05) is 26.0 Å². The van der Waals surface area contributed by atoms with Crippen LogP contribution >= 0.6 is 11.6 Å². The fraction of sp³-hybridized carbons (Fsp3) is 0.310. The Bertz CT molecular complexity index is 1350. The lowest BCUT2D eigenvalue weighted by Crippen LogP contribution is -2.51. The fourth-order valence-corrected chi connectivity index (χ4v) is 5.62. The van der Waals surface area contributed by atoms with Gasteiger partial charge in [-0.2, -0.15) is 0 Å². The van der Waals surface area contributed by atoms with E-state index < -0.39 is 28.5 Å². The fourth-order valence-electron chi connectivity index (χ4n) is 3.99. The number of halogens is 1. The second-order valence-corrected chi connectivity index (χ2v) is 11.5. The highest BCUT2D eigenvalue weighted by molar-refractivity contribution is 7.92. The monoisotopic (exact) mass is 555 g/mol. The highest BCUT2D eigenvalue weighted by atomic mass is 35.5. The van der Waals surface area contributed by atoms with Gasteiger partial charge in [0.25, 0.3) is 10.0 Å². The normalized spacial score (nSPS) is 12.2. The largest absolute Gasteiger partial charge is 0.355 e. The molecule has 0 heterocycles. The molecule has 7 nitrogen and oxygen atoms in total. The summed E-state index contributed by atoms with van der Waals surface area (Å²) in [5.41, 5.74) is 2.05. The number of hydrogen-bond donors (Lipinski definition) is 1. The molecule has 0 bridgehead atoms. The first kappa shape index (κ1) is 29.2. The number of nitrogens with one attached hydrogen (secondary N) is 1. The average molecular weight is 556 g/mol. The van der Waals surface area contributed by atoms with Crippen molar-refractivity contribution in [1.29, 1.82) is 0 Å². The summed E-state index contributed by atoms with van der Waals surface area (Å²) in [4.78, 5) is 28.0. The number of hydrogen-bond acceptors (Lipinski definition) is 4. The van der Waals surface area contributed by atoms with Crippen molar-refractivity contribution in [1.82, 2.24) is 10.2 Å². The van der Waals surface area contributed by atoms with Crippen LogP contribution in [-0.4, -0.2) is 44.3 Å². The van der Waals surface area contributed by atoms with E-state index in [0.717, 1.165) is 9.87 Å². The third kappa shape index (κ3) is 6.94. The first-order chi connectivity index (χ1) is 18.1. The quantitative estimate of drug-likeness (QED) is 0.352. The molecule has 1 atom stereocenters.